The van der Waals surface area contributed by atoms with Gasteiger partial charge in [0.15, 0.2) is 5.75 Å². The highest BCUT2D eigenvalue weighted by molar-refractivity contribution is 7.97. The molecule has 3 heteroatoms. The van der Waals surface area contributed by atoms with E-state index in [1.54, 1.807) is 0 Å². The zero-order valence-corrected chi connectivity index (χ0v) is 12.9. The number of carbonyl (C=O) groups is 1. The van der Waals surface area contributed by atoms with Crippen LogP contribution in [0.25, 0.3) is 0 Å². The minimum absolute atomic E-state index is 0. The Balaban J connectivity index is 0.00000144. The second-order valence-electron chi connectivity index (χ2n) is 4.61. The molecule has 0 N–H and O–H groups in total. The Kier molecular flexibility index (Phi) is 5.74. The molecule has 1 nitrogen and oxygen atoms in total. The third-order valence-electron chi connectivity index (χ3n) is 3.14. The Morgan fingerprint density at radius 3 is 2.53 bits per heavy atom. The number of hydrogen-bond donors (Lipinski definition) is 0. The second-order valence-corrected chi connectivity index (χ2v) is 6.94. The predicted molar refractivity (Wildman–Crippen MR) is 71.4 cm³/mol. The summed E-state index contributed by atoms with van der Waals surface area (Å²) in [5.41, 5.74) is 3.25. The van der Waals surface area contributed by atoms with Gasteiger partial charge in [-0.15, -0.1) is 0 Å². The molecule has 0 bridgehead atoms. The van der Waals surface area contributed by atoms with E-state index in [2.05, 4.69) is 12.1 Å². The van der Waals surface area contributed by atoms with Gasteiger partial charge in [0.25, 0.3) is 0 Å². The fourth-order valence-electron chi connectivity index (χ4n) is 2.16. The van der Waals surface area contributed by atoms with Gasteiger partial charge >= 0.3 is 0 Å². The van der Waals surface area contributed by atoms with Crippen molar-refractivity contribution in [1.82, 2.24) is 0 Å². The van der Waals surface area contributed by atoms with E-state index in [-0.39, 0.29) is 17.0 Å². The van der Waals surface area contributed by atoms with Gasteiger partial charge in [0.05, 0.1) is 0 Å². The SMILES string of the molecule is Cc1ccc(C)c(C(=O)C[S+]2CCCC2)c1.[Br-]. The minimum Gasteiger partial charge on any atom is -1.00 e. The summed E-state index contributed by atoms with van der Waals surface area (Å²) in [6.07, 6.45) is 2.65. The topological polar surface area (TPSA) is 17.1 Å². The van der Waals surface area contributed by atoms with Crippen LogP contribution >= 0.6 is 0 Å². The van der Waals surface area contributed by atoms with E-state index in [0.717, 1.165) is 16.9 Å². The number of rotatable bonds is 3. The molecule has 1 aromatic rings. The van der Waals surface area contributed by atoms with Crippen molar-refractivity contribution in [1.29, 1.82) is 0 Å². The number of aryl methyl sites for hydroxylation is 2. The molecule has 1 saturated heterocycles. The summed E-state index contributed by atoms with van der Waals surface area (Å²) >= 11 is 0. The van der Waals surface area contributed by atoms with Crippen LogP contribution in [0.2, 0.25) is 0 Å². The van der Waals surface area contributed by atoms with Gasteiger partial charge in [-0.1, -0.05) is 17.7 Å². The van der Waals surface area contributed by atoms with Crippen molar-refractivity contribution in [2.24, 2.45) is 0 Å². The Bertz CT molecular complexity index is 397. The zero-order chi connectivity index (χ0) is 11.5. The van der Waals surface area contributed by atoms with Crippen LogP contribution in [-0.4, -0.2) is 23.0 Å². The van der Waals surface area contributed by atoms with Crippen molar-refractivity contribution in [3.05, 3.63) is 34.9 Å². The summed E-state index contributed by atoms with van der Waals surface area (Å²) in [5.74, 6) is 3.68. The first-order chi connectivity index (χ1) is 7.66. The van der Waals surface area contributed by atoms with Crippen molar-refractivity contribution >= 4 is 16.7 Å². The van der Waals surface area contributed by atoms with Crippen molar-refractivity contribution in [3.63, 3.8) is 0 Å². The molecule has 0 saturated carbocycles. The molecule has 1 aromatic carbocycles. The van der Waals surface area contributed by atoms with E-state index >= 15 is 0 Å². The van der Waals surface area contributed by atoms with Gasteiger partial charge in [-0.2, -0.15) is 0 Å². The molecular weight excluding hydrogens is 296 g/mol. The maximum absolute atomic E-state index is 12.2. The van der Waals surface area contributed by atoms with E-state index in [0.29, 0.717) is 16.7 Å². The van der Waals surface area contributed by atoms with Crippen LogP contribution in [-0.2, 0) is 10.9 Å². The number of benzene rings is 1. The number of halogens is 1. The van der Waals surface area contributed by atoms with Gasteiger partial charge in [0.2, 0.25) is 5.78 Å². The summed E-state index contributed by atoms with van der Waals surface area (Å²) in [6.45, 7) is 4.08. The molecule has 1 fully saturated rings. The third kappa shape index (κ3) is 3.85. The van der Waals surface area contributed by atoms with E-state index in [9.17, 15) is 4.79 Å². The molecule has 94 valence electrons. The van der Waals surface area contributed by atoms with E-state index < -0.39 is 0 Å². The lowest BCUT2D eigenvalue weighted by molar-refractivity contribution is -0.0000113. The predicted octanol–water partition coefficient (Wildman–Crippen LogP) is -0.0978. The quantitative estimate of drug-likeness (QED) is 0.562. The van der Waals surface area contributed by atoms with Crippen molar-refractivity contribution in [2.45, 2.75) is 26.7 Å². The summed E-state index contributed by atoms with van der Waals surface area (Å²) < 4.78 is 0. The first kappa shape index (κ1) is 14.8. The Morgan fingerprint density at radius 1 is 1.24 bits per heavy atom. The molecule has 1 aliphatic rings. The lowest BCUT2D eigenvalue weighted by Crippen LogP contribution is -3.00. The fourth-order valence-corrected chi connectivity index (χ4v) is 4.40. The first-order valence-corrected chi connectivity index (χ1v) is 7.64. The van der Waals surface area contributed by atoms with Gasteiger partial charge in [0, 0.05) is 5.56 Å². The maximum atomic E-state index is 12.2. The monoisotopic (exact) mass is 314 g/mol. The lowest BCUT2D eigenvalue weighted by Gasteiger charge is -2.05. The Labute approximate surface area is 117 Å². The van der Waals surface area contributed by atoms with Gasteiger partial charge in [-0.05, 0) is 49.2 Å². The van der Waals surface area contributed by atoms with Crippen LogP contribution in [0.1, 0.15) is 34.3 Å². The lowest BCUT2D eigenvalue weighted by atomic mass is 10.0. The van der Waals surface area contributed by atoms with Crippen LogP contribution < -0.4 is 17.0 Å². The van der Waals surface area contributed by atoms with Crippen molar-refractivity contribution in [3.8, 4) is 0 Å². The van der Waals surface area contributed by atoms with Gasteiger partial charge in [0.1, 0.15) is 11.5 Å². The third-order valence-corrected chi connectivity index (χ3v) is 5.55. The fraction of sp³-hybridized carbons (Fsp3) is 0.500. The average Bonchev–Trinajstić information content (AvgIpc) is 2.74. The maximum Gasteiger partial charge on any atom is 0.212 e. The van der Waals surface area contributed by atoms with E-state index in [4.69, 9.17) is 0 Å². The summed E-state index contributed by atoms with van der Waals surface area (Å²) in [4.78, 5) is 12.2. The molecule has 0 amide bonds. The van der Waals surface area contributed by atoms with Crippen LogP contribution in [0.5, 0.6) is 0 Å². The van der Waals surface area contributed by atoms with Crippen LogP contribution in [0.4, 0.5) is 0 Å². The molecule has 0 aliphatic carbocycles. The standard InChI is InChI=1S/C14H19OS.BrH/c1-11-5-6-12(2)13(9-11)14(15)10-16-7-3-4-8-16;/h5-6,9H,3-4,7-8,10H2,1-2H3;1H/q+1;/p-1. The van der Waals surface area contributed by atoms with Gasteiger partial charge in [-0.25, -0.2) is 0 Å². The first-order valence-electron chi connectivity index (χ1n) is 5.91. The molecular formula is C14H19BrOS. The molecule has 1 heterocycles. The second kappa shape index (κ2) is 6.60. The summed E-state index contributed by atoms with van der Waals surface area (Å²) in [6, 6.07) is 6.17. The zero-order valence-electron chi connectivity index (χ0n) is 10.5. The minimum atomic E-state index is 0. The highest BCUT2D eigenvalue weighted by Gasteiger charge is 2.27. The molecule has 2 rings (SSSR count). The Morgan fingerprint density at radius 2 is 1.88 bits per heavy atom. The normalized spacial score (nSPS) is 15.6. The number of hydrogen-bond acceptors (Lipinski definition) is 1. The van der Waals surface area contributed by atoms with Crippen LogP contribution in [0.15, 0.2) is 18.2 Å². The molecule has 0 spiro atoms. The highest BCUT2D eigenvalue weighted by atomic mass is 79.9. The molecule has 0 radical (unpaired) electrons. The summed E-state index contributed by atoms with van der Waals surface area (Å²) in [7, 11) is 0.378. The number of ketones is 1. The largest absolute Gasteiger partial charge is 1.00 e. The molecule has 17 heavy (non-hydrogen) atoms. The van der Waals surface area contributed by atoms with E-state index in [1.807, 2.05) is 19.9 Å². The molecule has 0 aromatic heterocycles. The summed E-state index contributed by atoms with van der Waals surface area (Å²) in [5, 5.41) is 0. The van der Waals surface area contributed by atoms with Crippen LogP contribution in [0.3, 0.4) is 0 Å². The van der Waals surface area contributed by atoms with Crippen molar-refractivity contribution in [2.75, 3.05) is 17.3 Å². The molecule has 1 aliphatic heterocycles. The number of Topliss-reactive ketones (excluding diaryl/α,β-unsaturated/α-hetero) is 1. The van der Waals surface area contributed by atoms with Gasteiger partial charge in [-0.3, -0.25) is 4.79 Å². The average molecular weight is 315 g/mol. The van der Waals surface area contributed by atoms with E-state index in [1.165, 1.54) is 29.9 Å². The van der Waals surface area contributed by atoms with Crippen LogP contribution in [0, 0.1) is 13.8 Å². The van der Waals surface area contributed by atoms with Gasteiger partial charge < -0.3 is 17.0 Å². The molecule has 0 unspecified atom stereocenters. The number of carbonyl (C=O) groups excluding carboxylic acids is 1. The molecule has 0 atom stereocenters. The van der Waals surface area contributed by atoms with Crippen molar-refractivity contribution < 1.29 is 21.8 Å². The smallest absolute Gasteiger partial charge is 0.212 e. The Hall–Kier alpha value is -0.280. The highest BCUT2D eigenvalue weighted by Crippen LogP contribution is 2.17.